The number of para-hydroxylation sites is 3. The van der Waals surface area contributed by atoms with Crippen molar-refractivity contribution in [3.63, 3.8) is 0 Å². The maximum absolute atomic E-state index is 13.9. The second-order valence-electron chi connectivity index (χ2n) is 7.64. The fourth-order valence-electron chi connectivity index (χ4n) is 3.47. The third-order valence-corrected chi connectivity index (χ3v) is 6.17. The number of aromatic nitrogens is 3. The van der Waals surface area contributed by atoms with Gasteiger partial charge in [-0.2, -0.15) is 0 Å². The molecule has 190 valence electrons. The van der Waals surface area contributed by atoms with Gasteiger partial charge < -0.3 is 20.1 Å². The normalized spacial score (nSPS) is 10.6. The van der Waals surface area contributed by atoms with Gasteiger partial charge in [-0.15, -0.1) is 10.2 Å². The number of thioether (sulfide) groups is 1. The number of rotatable bonds is 10. The number of hydrogen-bond acceptors (Lipinski definition) is 7. The average molecular weight is 522 g/mol. The molecule has 0 unspecified atom stereocenters. The molecule has 2 N–H and O–H groups in total. The van der Waals surface area contributed by atoms with Gasteiger partial charge in [0.05, 0.1) is 37.9 Å². The Kier molecular flexibility index (Phi) is 8.37. The molecule has 0 saturated carbocycles. The zero-order chi connectivity index (χ0) is 26.2. The van der Waals surface area contributed by atoms with E-state index in [1.165, 1.54) is 19.2 Å². The number of amides is 2. The summed E-state index contributed by atoms with van der Waals surface area (Å²) in [6, 6.07) is 20.0. The second kappa shape index (κ2) is 12.0. The van der Waals surface area contributed by atoms with E-state index in [9.17, 15) is 14.0 Å². The summed E-state index contributed by atoms with van der Waals surface area (Å²) in [5.74, 6) is 0.268. The zero-order valence-electron chi connectivity index (χ0n) is 20.1. The Bertz CT molecular complexity index is 1410. The van der Waals surface area contributed by atoms with E-state index in [4.69, 9.17) is 9.47 Å². The molecule has 4 rings (SSSR count). The number of benzene rings is 3. The van der Waals surface area contributed by atoms with Gasteiger partial charge >= 0.3 is 0 Å². The minimum atomic E-state index is -0.521. The molecular formula is C26H24FN5O4S. The largest absolute Gasteiger partial charge is 0.497 e. The van der Waals surface area contributed by atoms with Crippen molar-refractivity contribution in [1.29, 1.82) is 0 Å². The Morgan fingerprint density at radius 2 is 1.76 bits per heavy atom. The van der Waals surface area contributed by atoms with E-state index in [0.717, 1.165) is 11.8 Å². The van der Waals surface area contributed by atoms with Gasteiger partial charge in [0.1, 0.15) is 17.3 Å². The summed E-state index contributed by atoms with van der Waals surface area (Å²) >= 11 is 1.12. The van der Waals surface area contributed by atoms with Crippen molar-refractivity contribution in [2.75, 3.05) is 25.3 Å². The van der Waals surface area contributed by atoms with Gasteiger partial charge in [0.15, 0.2) is 11.0 Å². The van der Waals surface area contributed by atoms with Crippen LogP contribution in [-0.4, -0.2) is 46.6 Å². The van der Waals surface area contributed by atoms with E-state index in [0.29, 0.717) is 33.7 Å². The van der Waals surface area contributed by atoms with Gasteiger partial charge in [-0.25, -0.2) is 4.39 Å². The third-order valence-electron chi connectivity index (χ3n) is 5.25. The van der Waals surface area contributed by atoms with Crippen LogP contribution in [0, 0.1) is 5.82 Å². The molecule has 0 spiro atoms. The maximum Gasteiger partial charge on any atom is 0.251 e. The van der Waals surface area contributed by atoms with E-state index in [2.05, 4.69) is 20.8 Å². The summed E-state index contributed by atoms with van der Waals surface area (Å²) in [5.41, 5.74) is 1.17. The van der Waals surface area contributed by atoms with Crippen molar-refractivity contribution in [1.82, 2.24) is 20.1 Å². The number of nitrogens with one attached hydrogen (secondary N) is 2. The minimum absolute atomic E-state index is 0.0439. The van der Waals surface area contributed by atoms with E-state index in [1.54, 1.807) is 54.1 Å². The second-order valence-corrected chi connectivity index (χ2v) is 8.58. The molecule has 0 saturated heterocycles. The predicted octanol–water partition coefficient (Wildman–Crippen LogP) is 4.08. The summed E-state index contributed by atoms with van der Waals surface area (Å²) < 4.78 is 26.3. The van der Waals surface area contributed by atoms with Gasteiger partial charge in [-0.05, 0) is 42.5 Å². The van der Waals surface area contributed by atoms with Gasteiger partial charge in [0.2, 0.25) is 5.91 Å². The maximum atomic E-state index is 13.9. The molecule has 1 aromatic heterocycles. The van der Waals surface area contributed by atoms with Crippen LogP contribution in [0.5, 0.6) is 11.5 Å². The Morgan fingerprint density at radius 1 is 0.973 bits per heavy atom. The van der Waals surface area contributed by atoms with Crippen molar-refractivity contribution in [2.24, 2.45) is 0 Å². The standard InChI is InChI=1S/C26H24FN5O4S/c1-35-18-9-7-8-17(14-18)25(34)28-15-23-30-31-26(32(23)21-12-5-6-13-22(21)36-2)37-16-24(33)29-20-11-4-3-10-19(20)27/h3-14H,15-16H2,1-2H3,(H,28,34)(H,29,33). The van der Waals surface area contributed by atoms with Crippen molar-refractivity contribution < 1.29 is 23.5 Å². The Hall–Kier alpha value is -4.38. The lowest BCUT2D eigenvalue weighted by Crippen LogP contribution is -2.24. The first kappa shape index (κ1) is 25.7. The monoisotopic (exact) mass is 521 g/mol. The SMILES string of the molecule is COc1cccc(C(=O)NCc2nnc(SCC(=O)Nc3ccccc3F)n2-c2ccccc2OC)c1. The molecule has 0 aliphatic carbocycles. The van der Waals surface area contributed by atoms with Crippen molar-refractivity contribution in [2.45, 2.75) is 11.7 Å². The van der Waals surface area contributed by atoms with Crippen molar-refractivity contribution >= 4 is 29.3 Å². The van der Waals surface area contributed by atoms with Crippen LogP contribution in [0.3, 0.4) is 0 Å². The number of anilines is 1. The molecule has 0 aliphatic rings. The van der Waals surface area contributed by atoms with Crippen LogP contribution < -0.4 is 20.1 Å². The fraction of sp³-hybridized carbons (Fsp3) is 0.154. The lowest BCUT2D eigenvalue weighted by molar-refractivity contribution is -0.113. The molecule has 1 heterocycles. The summed E-state index contributed by atoms with van der Waals surface area (Å²) in [6.45, 7) is 0.0586. The molecule has 0 atom stereocenters. The molecule has 11 heteroatoms. The van der Waals surface area contributed by atoms with E-state index >= 15 is 0 Å². The Balaban J connectivity index is 1.55. The molecule has 0 fully saturated rings. The van der Waals surface area contributed by atoms with Crippen LogP contribution in [0.15, 0.2) is 78.0 Å². The molecule has 37 heavy (non-hydrogen) atoms. The first-order chi connectivity index (χ1) is 18.0. The van der Waals surface area contributed by atoms with Crippen LogP contribution in [0.1, 0.15) is 16.2 Å². The highest BCUT2D eigenvalue weighted by atomic mass is 32.2. The number of carbonyl (C=O) groups excluding carboxylic acids is 2. The van der Waals surface area contributed by atoms with E-state index in [1.807, 2.05) is 18.2 Å². The molecular weight excluding hydrogens is 497 g/mol. The first-order valence-corrected chi connectivity index (χ1v) is 12.2. The van der Waals surface area contributed by atoms with Crippen molar-refractivity contribution in [3.05, 3.63) is 90.0 Å². The van der Waals surface area contributed by atoms with Gasteiger partial charge in [0, 0.05) is 5.56 Å². The number of halogens is 1. The molecule has 4 aromatic rings. The fourth-order valence-corrected chi connectivity index (χ4v) is 4.23. The lowest BCUT2D eigenvalue weighted by atomic mass is 10.2. The number of hydrogen-bond donors (Lipinski definition) is 2. The Labute approximate surface area is 217 Å². The predicted molar refractivity (Wildman–Crippen MR) is 138 cm³/mol. The highest BCUT2D eigenvalue weighted by molar-refractivity contribution is 7.99. The molecule has 0 aliphatic heterocycles. The lowest BCUT2D eigenvalue weighted by Gasteiger charge is -2.14. The average Bonchev–Trinajstić information content (AvgIpc) is 3.34. The topological polar surface area (TPSA) is 107 Å². The molecule has 0 radical (unpaired) electrons. The minimum Gasteiger partial charge on any atom is -0.497 e. The highest BCUT2D eigenvalue weighted by Gasteiger charge is 2.20. The summed E-state index contributed by atoms with van der Waals surface area (Å²) in [4.78, 5) is 25.2. The van der Waals surface area contributed by atoms with E-state index < -0.39 is 11.7 Å². The molecule has 0 bridgehead atoms. The van der Waals surface area contributed by atoms with Gasteiger partial charge in [-0.3, -0.25) is 14.2 Å². The smallest absolute Gasteiger partial charge is 0.251 e. The summed E-state index contributed by atoms with van der Waals surface area (Å²) in [6.07, 6.45) is 0. The number of methoxy groups -OCH3 is 2. The Morgan fingerprint density at radius 3 is 2.54 bits per heavy atom. The molecule has 2 amide bonds. The molecule has 9 nitrogen and oxygen atoms in total. The quantitative estimate of drug-likeness (QED) is 0.303. The van der Waals surface area contributed by atoms with Crippen LogP contribution >= 0.6 is 11.8 Å². The number of ether oxygens (including phenoxy) is 2. The van der Waals surface area contributed by atoms with E-state index in [-0.39, 0.29) is 23.9 Å². The van der Waals surface area contributed by atoms with Crippen LogP contribution in [0.2, 0.25) is 0 Å². The van der Waals surface area contributed by atoms with Gasteiger partial charge in [0.25, 0.3) is 5.91 Å². The molecule has 3 aromatic carbocycles. The third kappa shape index (κ3) is 6.25. The summed E-state index contributed by atoms with van der Waals surface area (Å²) in [5, 5.41) is 14.3. The van der Waals surface area contributed by atoms with Crippen LogP contribution in [0.25, 0.3) is 5.69 Å². The number of carbonyl (C=O) groups is 2. The zero-order valence-corrected chi connectivity index (χ0v) is 20.9. The van der Waals surface area contributed by atoms with Gasteiger partial charge in [-0.1, -0.05) is 42.1 Å². The van der Waals surface area contributed by atoms with Crippen molar-refractivity contribution in [3.8, 4) is 17.2 Å². The van der Waals surface area contributed by atoms with Crippen LogP contribution in [-0.2, 0) is 11.3 Å². The number of nitrogens with zero attached hydrogens (tertiary/aromatic N) is 3. The first-order valence-electron chi connectivity index (χ1n) is 11.2. The summed E-state index contributed by atoms with van der Waals surface area (Å²) in [7, 11) is 3.07. The van der Waals surface area contributed by atoms with Crippen LogP contribution in [0.4, 0.5) is 10.1 Å². The highest BCUT2D eigenvalue weighted by Crippen LogP contribution is 2.29.